The normalized spacial score (nSPS) is 19.5. The quantitative estimate of drug-likeness (QED) is 0.366. The first-order valence-electron chi connectivity index (χ1n) is 11.5. The van der Waals surface area contributed by atoms with E-state index in [1.807, 2.05) is 6.92 Å². The molecule has 3 rings (SSSR count). The number of carbonyl (C=O) groups is 1. The Hall–Kier alpha value is -2.53. The Morgan fingerprint density at radius 2 is 1.79 bits per heavy atom. The van der Waals surface area contributed by atoms with Crippen molar-refractivity contribution in [3.63, 3.8) is 0 Å². The molecule has 0 radical (unpaired) electrons. The monoisotopic (exact) mass is 491 g/mol. The second-order valence-corrected chi connectivity index (χ2v) is 10.3. The first kappa shape index (κ1) is 26.1. The lowest BCUT2D eigenvalue weighted by Crippen LogP contribution is -2.53. The largest absolute Gasteiger partial charge is 0.497 e. The average molecular weight is 492 g/mol. The number of pyridine rings is 1. The van der Waals surface area contributed by atoms with Gasteiger partial charge in [-0.25, -0.2) is 13.9 Å². The van der Waals surface area contributed by atoms with Crippen molar-refractivity contribution < 1.29 is 27.9 Å². The van der Waals surface area contributed by atoms with E-state index in [4.69, 9.17) is 9.47 Å². The Kier molecular flexibility index (Phi) is 9.40. The third-order valence-electron chi connectivity index (χ3n) is 6.17. The van der Waals surface area contributed by atoms with Crippen LogP contribution in [0.2, 0.25) is 0 Å². The predicted octanol–water partition coefficient (Wildman–Crippen LogP) is 3.14. The van der Waals surface area contributed by atoms with Gasteiger partial charge in [0.2, 0.25) is 10.0 Å². The van der Waals surface area contributed by atoms with E-state index in [1.54, 1.807) is 42.1 Å². The van der Waals surface area contributed by atoms with Crippen molar-refractivity contribution in [1.82, 2.24) is 14.8 Å². The minimum atomic E-state index is -4.10. The zero-order valence-corrected chi connectivity index (χ0v) is 20.4. The molecule has 2 aromatic rings. The van der Waals surface area contributed by atoms with Crippen molar-refractivity contribution in [2.24, 2.45) is 5.92 Å². The number of nitrogens with one attached hydrogen (secondary N) is 1. The molecular weight excluding hydrogens is 458 g/mol. The van der Waals surface area contributed by atoms with Gasteiger partial charge in [-0.1, -0.05) is 6.92 Å². The molecule has 1 atom stereocenters. The van der Waals surface area contributed by atoms with Crippen molar-refractivity contribution in [3.05, 3.63) is 54.4 Å². The zero-order chi connectivity index (χ0) is 24.6. The van der Waals surface area contributed by atoms with Gasteiger partial charge < -0.3 is 9.47 Å². The Bertz CT molecular complexity index is 1010. The van der Waals surface area contributed by atoms with Gasteiger partial charge in [0, 0.05) is 25.5 Å². The molecule has 1 aromatic carbocycles. The number of hydrogen-bond donors (Lipinski definition) is 2. The maximum atomic E-state index is 13.8. The number of hydroxylamine groups is 1. The number of aromatic nitrogens is 1. The van der Waals surface area contributed by atoms with Gasteiger partial charge in [-0.15, -0.1) is 0 Å². The Morgan fingerprint density at radius 3 is 2.35 bits per heavy atom. The summed E-state index contributed by atoms with van der Waals surface area (Å²) in [5.74, 6) is -0.498. The minimum absolute atomic E-state index is 0.0399. The van der Waals surface area contributed by atoms with Gasteiger partial charge in [-0.2, -0.15) is 4.31 Å². The minimum Gasteiger partial charge on any atom is -0.497 e. The topological polar surface area (TPSA) is 118 Å². The first-order valence-corrected chi connectivity index (χ1v) is 12.9. The number of methoxy groups -OCH3 is 1. The van der Waals surface area contributed by atoms with Crippen LogP contribution in [-0.2, 0) is 26.1 Å². The summed E-state index contributed by atoms with van der Waals surface area (Å²) in [6, 6.07) is 8.37. The van der Waals surface area contributed by atoms with Gasteiger partial charge in [0.05, 0.1) is 18.1 Å². The molecule has 1 aliphatic carbocycles. The van der Waals surface area contributed by atoms with Crippen LogP contribution in [0.4, 0.5) is 0 Å². The van der Waals surface area contributed by atoms with E-state index in [-0.39, 0.29) is 23.5 Å². The van der Waals surface area contributed by atoms with Crippen LogP contribution in [-0.4, -0.2) is 54.7 Å². The van der Waals surface area contributed by atoms with E-state index in [1.165, 1.54) is 23.5 Å². The molecule has 186 valence electrons. The highest BCUT2D eigenvalue weighted by atomic mass is 32.2. The molecule has 9 nitrogen and oxygen atoms in total. The predicted molar refractivity (Wildman–Crippen MR) is 126 cm³/mol. The highest BCUT2D eigenvalue weighted by Gasteiger charge is 2.42. The smallest absolute Gasteiger partial charge is 0.262 e. The molecule has 1 fully saturated rings. The summed E-state index contributed by atoms with van der Waals surface area (Å²) in [6.07, 6.45) is 6.85. The summed E-state index contributed by atoms with van der Waals surface area (Å²) in [5, 5.41) is 9.55. The van der Waals surface area contributed by atoms with Crippen LogP contribution in [0.15, 0.2) is 53.7 Å². The molecule has 1 amide bonds. The van der Waals surface area contributed by atoms with E-state index in [9.17, 15) is 18.4 Å². The van der Waals surface area contributed by atoms with E-state index >= 15 is 0 Å². The van der Waals surface area contributed by atoms with Gasteiger partial charge in [0.1, 0.15) is 11.8 Å². The van der Waals surface area contributed by atoms with Gasteiger partial charge >= 0.3 is 0 Å². The van der Waals surface area contributed by atoms with Crippen molar-refractivity contribution in [2.45, 2.75) is 62.6 Å². The second-order valence-electron chi connectivity index (χ2n) is 8.41. The number of ether oxygens (including phenoxy) is 2. The van der Waals surface area contributed by atoms with E-state index in [2.05, 4.69) is 4.98 Å². The molecule has 0 spiro atoms. The third-order valence-corrected chi connectivity index (χ3v) is 8.01. The fraction of sp³-hybridized carbons (Fsp3) is 0.500. The molecule has 1 aromatic heterocycles. The van der Waals surface area contributed by atoms with Crippen molar-refractivity contribution >= 4 is 15.9 Å². The fourth-order valence-electron chi connectivity index (χ4n) is 4.39. The van der Waals surface area contributed by atoms with Crippen LogP contribution >= 0.6 is 0 Å². The van der Waals surface area contributed by atoms with Crippen LogP contribution in [0, 0.1) is 5.92 Å². The summed E-state index contributed by atoms with van der Waals surface area (Å²) >= 11 is 0. The molecule has 0 bridgehead atoms. The van der Waals surface area contributed by atoms with Crippen LogP contribution in [0.5, 0.6) is 5.75 Å². The standard InChI is InChI=1S/C24H33N3O6S/c1-3-16-33-21-6-4-19(5-7-21)23(24(28)26-29)27(17-18-12-14-25-15-13-18)34(30,31)22-10-8-20(32-2)9-11-22/h8-15,19,21,23,29H,3-7,16-17H2,1-2H3,(H,26,28)/t19-,21-,23?. The maximum absolute atomic E-state index is 13.8. The molecule has 0 aliphatic heterocycles. The molecule has 34 heavy (non-hydrogen) atoms. The van der Waals surface area contributed by atoms with Gasteiger partial charge in [-0.05, 0) is 80.0 Å². The molecule has 10 heteroatoms. The average Bonchev–Trinajstić information content (AvgIpc) is 2.88. The number of hydrogen-bond acceptors (Lipinski definition) is 7. The van der Waals surface area contributed by atoms with Gasteiger partial charge in [-0.3, -0.25) is 15.0 Å². The number of carbonyl (C=O) groups excluding carboxylic acids is 1. The van der Waals surface area contributed by atoms with Crippen LogP contribution in [0.25, 0.3) is 0 Å². The fourth-order valence-corrected chi connectivity index (χ4v) is 6.02. The number of nitrogens with zero attached hydrogens (tertiary/aromatic N) is 2. The van der Waals surface area contributed by atoms with Gasteiger partial charge in [0.15, 0.2) is 0 Å². The summed E-state index contributed by atoms with van der Waals surface area (Å²) in [6.45, 7) is 2.69. The lowest BCUT2D eigenvalue weighted by Gasteiger charge is -2.38. The zero-order valence-electron chi connectivity index (χ0n) is 19.6. The molecule has 2 N–H and O–H groups in total. The molecule has 1 heterocycles. The molecule has 1 unspecified atom stereocenters. The second kappa shape index (κ2) is 12.3. The Morgan fingerprint density at radius 1 is 1.15 bits per heavy atom. The number of rotatable bonds is 11. The third kappa shape index (κ3) is 6.32. The summed E-state index contributed by atoms with van der Waals surface area (Å²) in [5.41, 5.74) is 2.39. The van der Waals surface area contributed by atoms with Crippen molar-refractivity contribution in [1.29, 1.82) is 0 Å². The van der Waals surface area contributed by atoms with E-state index in [0.29, 0.717) is 30.8 Å². The number of sulfonamides is 1. The molecule has 0 saturated heterocycles. The number of benzene rings is 1. The summed E-state index contributed by atoms with van der Waals surface area (Å²) < 4.78 is 39.9. The molecule has 1 aliphatic rings. The Balaban J connectivity index is 1.96. The first-order chi connectivity index (χ1) is 16.4. The Labute approximate surface area is 201 Å². The van der Waals surface area contributed by atoms with Crippen LogP contribution in [0.3, 0.4) is 0 Å². The van der Waals surface area contributed by atoms with Crippen LogP contribution in [0.1, 0.15) is 44.6 Å². The highest BCUT2D eigenvalue weighted by molar-refractivity contribution is 7.89. The van der Waals surface area contributed by atoms with E-state index < -0.39 is 22.0 Å². The lowest BCUT2D eigenvalue weighted by atomic mass is 9.82. The van der Waals surface area contributed by atoms with Crippen LogP contribution < -0.4 is 10.2 Å². The van der Waals surface area contributed by atoms with Crippen molar-refractivity contribution in [3.8, 4) is 5.75 Å². The highest BCUT2D eigenvalue weighted by Crippen LogP contribution is 2.34. The number of amides is 1. The van der Waals surface area contributed by atoms with Gasteiger partial charge in [0.25, 0.3) is 5.91 Å². The van der Waals surface area contributed by atoms with Crippen molar-refractivity contribution in [2.75, 3.05) is 13.7 Å². The lowest BCUT2D eigenvalue weighted by molar-refractivity contribution is -0.136. The molecular formula is C24H33N3O6S. The molecule has 1 saturated carbocycles. The SMILES string of the molecule is CCCO[C@H]1CC[C@H](C(C(=O)NO)N(Cc2ccncc2)S(=O)(=O)c2ccc(OC)cc2)CC1. The summed E-state index contributed by atoms with van der Waals surface area (Å²) in [7, 11) is -2.60. The van der Waals surface area contributed by atoms with E-state index in [0.717, 1.165) is 19.3 Å². The maximum Gasteiger partial charge on any atom is 0.262 e. The summed E-state index contributed by atoms with van der Waals surface area (Å²) in [4.78, 5) is 17.0.